The van der Waals surface area contributed by atoms with E-state index in [1.807, 2.05) is 0 Å². The molecule has 1 aliphatic heterocycles. The van der Waals surface area contributed by atoms with E-state index in [1.54, 1.807) is 0 Å². The summed E-state index contributed by atoms with van der Waals surface area (Å²) in [6.45, 7) is 0.385. The van der Waals surface area contributed by atoms with Crippen LogP contribution in [0.25, 0.3) is 0 Å². The van der Waals surface area contributed by atoms with E-state index in [0.717, 1.165) is 52.8 Å². The lowest BCUT2D eigenvalue weighted by molar-refractivity contribution is 0.0843. The van der Waals surface area contributed by atoms with Crippen molar-refractivity contribution in [3.8, 4) is 0 Å². The number of fused-ring (bicyclic) bond motifs is 2. The summed E-state index contributed by atoms with van der Waals surface area (Å²) in [6, 6.07) is 2.57. The van der Waals surface area contributed by atoms with Gasteiger partial charge < -0.3 is 9.73 Å². The maximum atomic E-state index is 12.6. The molecule has 2 aromatic rings. The van der Waals surface area contributed by atoms with E-state index in [-0.39, 0.29) is 24.9 Å². The molecule has 148 valence electrons. The number of likely N-dealkylation sites (N-methyl/N-ethyl adjacent to an activating group) is 1. The number of hydrogen-bond acceptors (Lipinski definition) is 6. The van der Waals surface area contributed by atoms with Gasteiger partial charge in [0.2, 0.25) is 5.76 Å². The second-order valence-electron chi connectivity index (χ2n) is 7.60. The first-order valence-corrected chi connectivity index (χ1v) is 11.0. The highest BCUT2D eigenvalue weighted by molar-refractivity contribution is 7.87. The molecule has 2 heterocycles. The minimum Gasteiger partial charge on any atom is -0.418 e. The van der Waals surface area contributed by atoms with Gasteiger partial charge in [0.15, 0.2) is 0 Å². The Balaban J connectivity index is 1.44. The Hall–Kier alpha value is -2.39. The van der Waals surface area contributed by atoms with E-state index in [1.165, 1.54) is 35.5 Å². The number of rotatable bonds is 3. The number of hydrogen-bond donors (Lipinski definition) is 1. The minimum atomic E-state index is -3.77. The first-order valence-electron chi connectivity index (χ1n) is 9.63. The van der Waals surface area contributed by atoms with Crippen LogP contribution in [0.4, 0.5) is 11.7 Å². The average Bonchev–Trinajstić information content (AvgIpc) is 3.43. The molecule has 0 unspecified atom stereocenters. The molecule has 1 amide bonds. The van der Waals surface area contributed by atoms with Crippen LogP contribution in [0.15, 0.2) is 16.7 Å². The minimum absolute atomic E-state index is 0.0782. The summed E-state index contributed by atoms with van der Waals surface area (Å²) in [6.07, 6.45) is 7.80. The lowest BCUT2D eigenvalue weighted by atomic mass is 9.99. The quantitative estimate of drug-likeness (QED) is 0.844. The Morgan fingerprint density at radius 3 is 2.39 bits per heavy atom. The van der Waals surface area contributed by atoms with Gasteiger partial charge >= 0.3 is 16.1 Å². The molecule has 28 heavy (non-hydrogen) atoms. The lowest BCUT2D eigenvalue weighted by Crippen LogP contribution is -2.35. The third-order valence-corrected chi connectivity index (χ3v) is 7.81. The number of aryl methyl sites for hydroxylation is 2. The van der Waals surface area contributed by atoms with Gasteiger partial charge in [0, 0.05) is 19.3 Å². The highest BCUT2D eigenvalue weighted by atomic mass is 32.2. The van der Waals surface area contributed by atoms with Gasteiger partial charge in [0.25, 0.3) is 6.01 Å². The molecule has 5 rings (SSSR count). The van der Waals surface area contributed by atoms with E-state index in [2.05, 4.69) is 16.4 Å². The van der Waals surface area contributed by atoms with Gasteiger partial charge in [-0.2, -0.15) is 12.7 Å². The fraction of sp³-hybridized carbons (Fsp3) is 0.474. The molecule has 3 aliphatic rings. The molecule has 1 aromatic carbocycles. The van der Waals surface area contributed by atoms with Crippen LogP contribution in [0, 0.1) is 0 Å². The summed E-state index contributed by atoms with van der Waals surface area (Å²) in [4.78, 5) is 16.8. The fourth-order valence-corrected chi connectivity index (χ4v) is 5.73. The summed E-state index contributed by atoms with van der Waals surface area (Å²) in [7, 11) is -2.32. The Kier molecular flexibility index (Phi) is 3.99. The van der Waals surface area contributed by atoms with Crippen molar-refractivity contribution in [1.29, 1.82) is 0 Å². The molecule has 1 saturated heterocycles. The number of carbonyl (C=O) groups is 1. The standard InChI is InChI=1S/C19H22N4O4S/c1-22-8-9-23(28(22,25)26)18(24)16-11-20-19(27-16)21-17-14-6-2-4-12(14)10-13-5-3-7-15(13)17/h10-11H,2-9H2,1H3,(H,20,21). The lowest BCUT2D eigenvalue weighted by Gasteiger charge is -2.15. The van der Waals surface area contributed by atoms with Crippen molar-refractivity contribution in [3.63, 3.8) is 0 Å². The monoisotopic (exact) mass is 402 g/mol. The normalized spacial score (nSPS) is 20.4. The average molecular weight is 402 g/mol. The van der Waals surface area contributed by atoms with Crippen molar-refractivity contribution in [2.45, 2.75) is 38.5 Å². The molecular formula is C19H22N4O4S. The smallest absolute Gasteiger partial charge is 0.306 e. The third kappa shape index (κ3) is 2.64. The zero-order valence-corrected chi connectivity index (χ0v) is 16.5. The molecule has 2 aliphatic carbocycles. The van der Waals surface area contributed by atoms with Gasteiger partial charge in [-0.25, -0.2) is 9.29 Å². The van der Waals surface area contributed by atoms with Crippen LogP contribution in [0.1, 0.15) is 45.7 Å². The van der Waals surface area contributed by atoms with Gasteiger partial charge in [0.05, 0.1) is 12.7 Å². The highest BCUT2D eigenvalue weighted by Crippen LogP contribution is 2.39. The van der Waals surface area contributed by atoms with Crippen LogP contribution in [0.5, 0.6) is 0 Å². The van der Waals surface area contributed by atoms with Crippen LogP contribution in [0.3, 0.4) is 0 Å². The second-order valence-corrected chi connectivity index (χ2v) is 9.56. The maximum Gasteiger partial charge on any atom is 0.306 e. The second kappa shape index (κ2) is 6.31. The van der Waals surface area contributed by atoms with E-state index in [9.17, 15) is 13.2 Å². The number of oxazole rings is 1. The van der Waals surface area contributed by atoms with Crippen molar-refractivity contribution >= 4 is 27.8 Å². The van der Waals surface area contributed by atoms with Crippen LogP contribution in [0.2, 0.25) is 0 Å². The number of nitrogens with zero attached hydrogens (tertiary/aromatic N) is 3. The molecule has 9 heteroatoms. The molecule has 0 saturated carbocycles. The first-order chi connectivity index (χ1) is 13.4. The molecule has 1 N–H and O–H groups in total. The van der Waals surface area contributed by atoms with Crippen LogP contribution < -0.4 is 5.32 Å². The van der Waals surface area contributed by atoms with Crippen LogP contribution >= 0.6 is 0 Å². The maximum absolute atomic E-state index is 12.6. The first kappa shape index (κ1) is 17.7. The third-order valence-electron chi connectivity index (χ3n) is 5.94. The number of anilines is 2. The van der Waals surface area contributed by atoms with Gasteiger partial charge in [-0.1, -0.05) is 6.07 Å². The van der Waals surface area contributed by atoms with Crippen molar-refractivity contribution in [2.24, 2.45) is 0 Å². The van der Waals surface area contributed by atoms with Crippen molar-refractivity contribution in [2.75, 3.05) is 25.5 Å². The summed E-state index contributed by atoms with van der Waals surface area (Å²) >= 11 is 0. The summed E-state index contributed by atoms with van der Waals surface area (Å²) in [5, 5.41) is 3.29. The van der Waals surface area contributed by atoms with Gasteiger partial charge in [-0.15, -0.1) is 0 Å². The Bertz CT molecular complexity index is 1040. The molecule has 1 aromatic heterocycles. The largest absolute Gasteiger partial charge is 0.418 e. The van der Waals surface area contributed by atoms with E-state index in [0.29, 0.717) is 0 Å². The molecule has 1 fully saturated rings. The number of amides is 1. The zero-order chi connectivity index (χ0) is 19.5. The molecular weight excluding hydrogens is 380 g/mol. The molecule has 0 radical (unpaired) electrons. The zero-order valence-electron chi connectivity index (χ0n) is 15.7. The predicted molar refractivity (Wildman–Crippen MR) is 103 cm³/mol. The predicted octanol–water partition coefficient (Wildman–Crippen LogP) is 2.03. The van der Waals surface area contributed by atoms with Gasteiger partial charge in [-0.3, -0.25) is 4.79 Å². The van der Waals surface area contributed by atoms with Gasteiger partial charge in [0.1, 0.15) is 0 Å². The molecule has 0 atom stereocenters. The fourth-order valence-electron chi connectivity index (χ4n) is 4.46. The number of nitrogens with one attached hydrogen (secondary N) is 1. The highest BCUT2D eigenvalue weighted by Gasteiger charge is 2.39. The molecule has 8 nitrogen and oxygen atoms in total. The van der Waals surface area contributed by atoms with E-state index < -0.39 is 16.1 Å². The number of benzene rings is 1. The molecule has 0 bridgehead atoms. The number of carbonyl (C=O) groups excluding carboxylic acids is 1. The topological polar surface area (TPSA) is 95.8 Å². The Morgan fingerprint density at radius 2 is 1.79 bits per heavy atom. The summed E-state index contributed by atoms with van der Waals surface area (Å²) in [5.41, 5.74) is 6.47. The SMILES string of the molecule is CN1CCN(C(=O)c2cnc(Nc3c4c(cc5c3CCC5)CCC4)o2)S1(=O)=O. The van der Waals surface area contributed by atoms with Crippen LogP contribution in [-0.2, 0) is 35.9 Å². The van der Waals surface area contributed by atoms with E-state index >= 15 is 0 Å². The summed E-state index contributed by atoms with van der Waals surface area (Å²) < 4.78 is 32.0. The van der Waals surface area contributed by atoms with Crippen molar-refractivity contribution in [1.82, 2.24) is 13.6 Å². The Morgan fingerprint density at radius 1 is 1.11 bits per heavy atom. The van der Waals surface area contributed by atoms with E-state index in [4.69, 9.17) is 4.42 Å². The summed E-state index contributed by atoms with van der Waals surface area (Å²) in [5.74, 6) is -0.765. The van der Waals surface area contributed by atoms with Crippen LogP contribution in [-0.4, -0.2) is 48.1 Å². The van der Waals surface area contributed by atoms with Gasteiger partial charge in [-0.05, 0) is 60.8 Å². The van der Waals surface area contributed by atoms with Crippen molar-refractivity contribution in [3.05, 3.63) is 40.3 Å². The Labute approximate surface area is 163 Å². The number of aromatic nitrogens is 1. The molecule has 0 spiro atoms. The van der Waals surface area contributed by atoms with Crippen molar-refractivity contribution < 1.29 is 17.6 Å².